The molecule has 2 aliphatic rings. The van der Waals surface area contributed by atoms with E-state index >= 15 is 0 Å². The van der Waals surface area contributed by atoms with Crippen molar-refractivity contribution in [1.82, 2.24) is 4.90 Å². The number of carbonyl (C=O) groups is 2. The van der Waals surface area contributed by atoms with Gasteiger partial charge in [-0.25, -0.2) is 4.90 Å². The van der Waals surface area contributed by atoms with Crippen molar-refractivity contribution >= 4 is 46.1 Å². The zero-order valence-electron chi connectivity index (χ0n) is 17.0. The van der Waals surface area contributed by atoms with E-state index in [1.54, 1.807) is 12.1 Å². The van der Waals surface area contributed by atoms with E-state index in [0.717, 1.165) is 43.3 Å². The number of nitro groups is 1. The molecule has 0 unspecified atom stereocenters. The molecule has 2 aromatic rings. The third-order valence-electron chi connectivity index (χ3n) is 5.69. The Balaban J connectivity index is 1.54. The second-order valence-corrected chi connectivity index (χ2v) is 7.75. The Morgan fingerprint density at radius 2 is 1.48 bits per heavy atom. The summed E-state index contributed by atoms with van der Waals surface area (Å²) in [4.78, 5) is 41.8. The van der Waals surface area contributed by atoms with Crippen molar-refractivity contribution < 1.29 is 14.5 Å². The Bertz CT molecular complexity index is 1060. The maximum absolute atomic E-state index is 13.0. The normalized spacial score (nSPS) is 17.6. The lowest BCUT2D eigenvalue weighted by Gasteiger charge is -2.35. The number of nitrogens with zero attached hydrogens (tertiary/aromatic N) is 4. The van der Waals surface area contributed by atoms with Crippen molar-refractivity contribution in [1.29, 1.82) is 0 Å². The number of carbonyl (C=O) groups excluding carboxylic acids is 2. The van der Waals surface area contributed by atoms with E-state index in [0.29, 0.717) is 11.3 Å². The van der Waals surface area contributed by atoms with Crippen molar-refractivity contribution in [3.05, 3.63) is 69.2 Å². The minimum Gasteiger partial charge on any atom is -0.369 e. The van der Waals surface area contributed by atoms with Crippen LogP contribution >= 0.6 is 11.6 Å². The average Bonchev–Trinajstić information content (AvgIpc) is 3.02. The van der Waals surface area contributed by atoms with Gasteiger partial charge in [0.15, 0.2) is 0 Å². The number of hydrogen-bond acceptors (Lipinski definition) is 6. The molecule has 1 fully saturated rings. The molecular formula is C22H21ClN4O4. The Kier molecular flexibility index (Phi) is 5.75. The van der Waals surface area contributed by atoms with Gasteiger partial charge in [0.2, 0.25) is 0 Å². The van der Waals surface area contributed by atoms with Crippen LogP contribution in [0.25, 0.3) is 5.57 Å². The van der Waals surface area contributed by atoms with Crippen LogP contribution < -0.4 is 9.80 Å². The average molecular weight is 441 g/mol. The zero-order chi connectivity index (χ0) is 22.1. The molecule has 0 aromatic heterocycles. The first-order valence-electron chi connectivity index (χ1n) is 10.0. The summed E-state index contributed by atoms with van der Waals surface area (Å²) in [5, 5.41) is 10.7. The summed E-state index contributed by atoms with van der Waals surface area (Å²) in [6.45, 7) is 7.03. The van der Waals surface area contributed by atoms with Crippen LogP contribution in [0, 0.1) is 10.1 Å². The molecule has 0 radical (unpaired) electrons. The third kappa shape index (κ3) is 3.92. The smallest absolute Gasteiger partial charge is 0.277 e. The molecule has 2 amide bonds. The standard InChI is InChI=1S/C22H21ClN4O4/c1-2-24-11-13-25(14-12-24)16-7-9-17(10-8-16)26-21(28)19(20(23)22(26)29)15-3-5-18(6-4-15)27(30)31/h3-10H,2,11-14H2,1H3. The quantitative estimate of drug-likeness (QED) is 0.403. The third-order valence-corrected chi connectivity index (χ3v) is 6.04. The van der Waals surface area contributed by atoms with Gasteiger partial charge in [-0.15, -0.1) is 0 Å². The Hall–Kier alpha value is -3.23. The Labute approximate surface area is 184 Å². The first-order chi connectivity index (χ1) is 14.9. The largest absolute Gasteiger partial charge is 0.369 e. The summed E-state index contributed by atoms with van der Waals surface area (Å²) < 4.78 is 0. The number of piperazine rings is 1. The number of non-ortho nitro benzene ring substituents is 1. The molecule has 1 saturated heterocycles. The molecule has 2 aromatic carbocycles. The maximum atomic E-state index is 13.0. The van der Waals surface area contributed by atoms with Gasteiger partial charge in [-0.3, -0.25) is 19.7 Å². The summed E-state index contributed by atoms with van der Waals surface area (Å²) in [5.41, 5.74) is 1.77. The van der Waals surface area contributed by atoms with Crippen molar-refractivity contribution in [2.24, 2.45) is 0 Å². The van der Waals surface area contributed by atoms with E-state index in [4.69, 9.17) is 11.6 Å². The summed E-state index contributed by atoms with van der Waals surface area (Å²) in [6.07, 6.45) is 0. The van der Waals surface area contributed by atoms with Crippen molar-refractivity contribution in [2.45, 2.75) is 6.92 Å². The molecule has 0 bridgehead atoms. The molecule has 0 N–H and O–H groups in total. The van der Waals surface area contributed by atoms with E-state index in [9.17, 15) is 19.7 Å². The lowest BCUT2D eigenvalue weighted by molar-refractivity contribution is -0.384. The van der Waals surface area contributed by atoms with Crippen LogP contribution in [-0.4, -0.2) is 54.4 Å². The molecule has 0 aliphatic carbocycles. The summed E-state index contributed by atoms with van der Waals surface area (Å²) in [5.74, 6) is -1.16. The van der Waals surface area contributed by atoms with Gasteiger partial charge < -0.3 is 9.80 Å². The first-order valence-corrected chi connectivity index (χ1v) is 10.4. The number of anilines is 2. The van der Waals surface area contributed by atoms with Crippen LogP contribution in [0.15, 0.2) is 53.6 Å². The summed E-state index contributed by atoms with van der Waals surface area (Å²) >= 11 is 6.21. The number of likely N-dealkylation sites (N-methyl/N-ethyl adjacent to an activating group) is 1. The Morgan fingerprint density at radius 1 is 0.903 bits per heavy atom. The lowest BCUT2D eigenvalue weighted by atomic mass is 10.1. The second kappa shape index (κ2) is 8.49. The summed E-state index contributed by atoms with van der Waals surface area (Å²) in [6, 6.07) is 12.7. The number of benzene rings is 2. The lowest BCUT2D eigenvalue weighted by Crippen LogP contribution is -2.46. The van der Waals surface area contributed by atoms with Gasteiger partial charge in [-0.1, -0.05) is 18.5 Å². The fourth-order valence-electron chi connectivity index (χ4n) is 3.87. The fraction of sp³-hybridized carbons (Fsp3) is 0.273. The molecule has 8 nitrogen and oxygen atoms in total. The number of amides is 2. The number of imide groups is 1. The molecule has 0 spiro atoms. The van der Waals surface area contributed by atoms with E-state index in [2.05, 4.69) is 16.7 Å². The molecule has 4 rings (SSSR count). The Morgan fingerprint density at radius 3 is 2.03 bits per heavy atom. The van der Waals surface area contributed by atoms with Crippen molar-refractivity contribution in [3.8, 4) is 0 Å². The van der Waals surface area contributed by atoms with E-state index in [-0.39, 0.29) is 16.3 Å². The zero-order valence-corrected chi connectivity index (χ0v) is 17.7. The molecule has 160 valence electrons. The minimum atomic E-state index is -0.607. The molecule has 0 atom stereocenters. The fourth-order valence-corrected chi connectivity index (χ4v) is 4.15. The number of rotatable bonds is 5. The van der Waals surface area contributed by atoms with Gasteiger partial charge in [-0.05, 0) is 48.5 Å². The van der Waals surface area contributed by atoms with Crippen LogP contribution in [0.3, 0.4) is 0 Å². The predicted octanol–water partition coefficient (Wildman–Crippen LogP) is 3.26. The number of halogens is 1. The van der Waals surface area contributed by atoms with Crippen LogP contribution in [0.4, 0.5) is 17.1 Å². The van der Waals surface area contributed by atoms with Crippen LogP contribution in [-0.2, 0) is 9.59 Å². The van der Waals surface area contributed by atoms with Crippen LogP contribution in [0.2, 0.25) is 0 Å². The monoisotopic (exact) mass is 440 g/mol. The van der Waals surface area contributed by atoms with Crippen molar-refractivity contribution in [2.75, 3.05) is 42.5 Å². The molecular weight excluding hydrogens is 420 g/mol. The van der Waals surface area contributed by atoms with Gasteiger partial charge in [0.25, 0.3) is 17.5 Å². The number of hydrogen-bond donors (Lipinski definition) is 0. The molecule has 2 heterocycles. The second-order valence-electron chi connectivity index (χ2n) is 7.38. The van der Waals surface area contributed by atoms with E-state index in [1.807, 2.05) is 12.1 Å². The highest BCUT2D eigenvalue weighted by Gasteiger charge is 2.39. The predicted molar refractivity (Wildman–Crippen MR) is 119 cm³/mol. The van der Waals surface area contributed by atoms with Crippen LogP contribution in [0.1, 0.15) is 12.5 Å². The van der Waals surface area contributed by atoms with Crippen LogP contribution in [0.5, 0.6) is 0 Å². The van der Waals surface area contributed by atoms with Crippen molar-refractivity contribution in [3.63, 3.8) is 0 Å². The molecule has 0 saturated carbocycles. The highest BCUT2D eigenvalue weighted by Crippen LogP contribution is 2.36. The van der Waals surface area contributed by atoms with Gasteiger partial charge in [-0.2, -0.15) is 0 Å². The van der Waals surface area contributed by atoms with E-state index in [1.165, 1.54) is 24.3 Å². The SMILES string of the molecule is CCN1CCN(c2ccc(N3C(=O)C(Cl)=C(c4ccc([N+](=O)[O-])cc4)C3=O)cc2)CC1. The van der Waals surface area contributed by atoms with Gasteiger partial charge in [0.05, 0.1) is 16.2 Å². The molecule has 31 heavy (non-hydrogen) atoms. The van der Waals surface area contributed by atoms with Gasteiger partial charge in [0.1, 0.15) is 5.03 Å². The highest BCUT2D eigenvalue weighted by molar-refractivity contribution is 6.60. The topological polar surface area (TPSA) is 87.0 Å². The molecule has 2 aliphatic heterocycles. The summed E-state index contributed by atoms with van der Waals surface area (Å²) in [7, 11) is 0. The number of nitro benzene ring substituents is 1. The maximum Gasteiger partial charge on any atom is 0.277 e. The molecule has 9 heteroatoms. The van der Waals surface area contributed by atoms with Gasteiger partial charge in [0, 0.05) is 44.0 Å². The minimum absolute atomic E-state index is 0.0429. The first kappa shape index (κ1) is 21.0. The highest BCUT2D eigenvalue weighted by atomic mass is 35.5. The van der Waals surface area contributed by atoms with E-state index < -0.39 is 16.7 Å². The van der Waals surface area contributed by atoms with Gasteiger partial charge >= 0.3 is 0 Å².